The molecule has 3 N–H and O–H groups in total. The van der Waals surface area contributed by atoms with Crippen LogP contribution in [0, 0.1) is 5.92 Å². The molecule has 1 aliphatic carbocycles. The molecule has 1 atom stereocenters. The number of amides is 1. The number of nitrogens with one attached hydrogen (secondary N) is 1. The van der Waals surface area contributed by atoms with E-state index in [-0.39, 0.29) is 5.91 Å². The van der Waals surface area contributed by atoms with E-state index in [9.17, 15) is 4.79 Å². The molecule has 1 aliphatic rings. The van der Waals surface area contributed by atoms with Gasteiger partial charge in [0.2, 0.25) is 5.91 Å². The maximum absolute atomic E-state index is 11.5. The van der Waals surface area contributed by atoms with Crippen LogP contribution in [0.1, 0.15) is 45.4 Å². The van der Waals surface area contributed by atoms with E-state index in [2.05, 4.69) is 12.2 Å². The lowest BCUT2D eigenvalue weighted by atomic mass is 10.1. The van der Waals surface area contributed by atoms with Gasteiger partial charge in [-0.1, -0.05) is 19.8 Å². The molecule has 1 rings (SSSR count). The highest BCUT2D eigenvalue weighted by Crippen LogP contribution is 2.20. The van der Waals surface area contributed by atoms with Crippen molar-refractivity contribution in [3.63, 3.8) is 0 Å². The van der Waals surface area contributed by atoms with Crippen molar-refractivity contribution in [2.24, 2.45) is 11.7 Å². The summed E-state index contributed by atoms with van der Waals surface area (Å²) >= 11 is 0. The second-order valence-corrected chi connectivity index (χ2v) is 5.01. The third kappa shape index (κ3) is 6.64. The molecule has 100 valence electrons. The van der Waals surface area contributed by atoms with Crippen LogP contribution in [0.4, 0.5) is 0 Å². The van der Waals surface area contributed by atoms with Crippen LogP contribution in [0.15, 0.2) is 0 Å². The Balaban J connectivity index is 1.92. The van der Waals surface area contributed by atoms with Crippen molar-refractivity contribution >= 4 is 5.91 Å². The topological polar surface area (TPSA) is 64.4 Å². The molecule has 0 aliphatic heterocycles. The fourth-order valence-corrected chi connectivity index (χ4v) is 2.05. The van der Waals surface area contributed by atoms with Gasteiger partial charge in [0.05, 0.1) is 12.7 Å². The number of hydrogen-bond acceptors (Lipinski definition) is 3. The summed E-state index contributed by atoms with van der Waals surface area (Å²) in [7, 11) is 0. The van der Waals surface area contributed by atoms with Crippen LogP contribution >= 0.6 is 0 Å². The molecule has 0 bridgehead atoms. The average Bonchev–Trinajstić information content (AvgIpc) is 2.84. The lowest BCUT2D eigenvalue weighted by molar-refractivity contribution is -0.121. The SMILES string of the molecule is CC(CN)CCC(=O)NCCOC1CCCC1. The molecule has 1 saturated carbocycles. The first kappa shape index (κ1) is 14.5. The number of rotatable bonds is 8. The van der Waals surface area contributed by atoms with Gasteiger partial charge in [0.25, 0.3) is 0 Å². The smallest absolute Gasteiger partial charge is 0.220 e. The van der Waals surface area contributed by atoms with Gasteiger partial charge < -0.3 is 15.8 Å². The molecule has 4 nitrogen and oxygen atoms in total. The van der Waals surface area contributed by atoms with E-state index in [0.717, 1.165) is 6.42 Å². The van der Waals surface area contributed by atoms with Crippen molar-refractivity contribution in [3.05, 3.63) is 0 Å². The lowest BCUT2D eigenvalue weighted by Crippen LogP contribution is -2.28. The molecule has 17 heavy (non-hydrogen) atoms. The number of carbonyl (C=O) groups is 1. The first-order valence-corrected chi connectivity index (χ1v) is 6.80. The third-order valence-corrected chi connectivity index (χ3v) is 3.35. The Kier molecular flexibility index (Phi) is 7.21. The van der Waals surface area contributed by atoms with Crippen LogP contribution in [-0.4, -0.2) is 31.7 Å². The largest absolute Gasteiger partial charge is 0.376 e. The van der Waals surface area contributed by atoms with Crippen LogP contribution in [0.3, 0.4) is 0 Å². The van der Waals surface area contributed by atoms with Crippen molar-refractivity contribution in [3.8, 4) is 0 Å². The maximum Gasteiger partial charge on any atom is 0.220 e. The lowest BCUT2D eigenvalue weighted by Gasteiger charge is -2.12. The second kappa shape index (κ2) is 8.48. The molecular weight excluding hydrogens is 216 g/mol. The summed E-state index contributed by atoms with van der Waals surface area (Å²) in [6, 6.07) is 0. The minimum atomic E-state index is 0.111. The zero-order valence-corrected chi connectivity index (χ0v) is 10.9. The number of nitrogens with two attached hydrogens (primary N) is 1. The van der Waals surface area contributed by atoms with E-state index in [4.69, 9.17) is 10.5 Å². The van der Waals surface area contributed by atoms with Crippen LogP contribution < -0.4 is 11.1 Å². The van der Waals surface area contributed by atoms with E-state index in [1.54, 1.807) is 0 Å². The summed E-state index contributed by atoms with van der Waals surface area (Å²) in [5.41, 5.74) is 5.50. The maximum atomic E-state index is 11.5. The Hall–Kier alpha value is -0.610. The standard InChI is InChI=1S/C13H26N2O2/c1-11(10-14)6-7-13(16)15-8-9-17-12-4-2-3-5-12/h11-12H,2-10,14H2,1H3,(H,15,16). The van der Waals surface area contributed by atoms with E-state index in [0.29, 0.717) is 38.1 Å². The Labute approximate surface area is 104 Å². The Morgan fingerprint density at radius 3 is 2.82 bits per heavy atom. The fraction of sp³-hybridized carbons (Fsp3) is 0.923. The quantitative estimate of drug-likeness (QED) is 0.633. The number of hydrogen-bond donors (Lipinski definition) is 2. The first-order chi connectivity index (χ1) is 8.22. The van der Waals surface area contributed by atoms with Gasteiger partial charge >= 0.3 is 0 Å². The van der Waals surface area contributed by atoms with E-state index in [1.165, 1.54) is 25.7 Å². The van der Waals surface area contributed by atoms with Gasteiger partial charge in [-0.05, 0) is 31.7 Å². The summed E-state index contributed by atoms with van der Waals surface area (Å²) in [5, 5.41) is 2.88. The van der Waals surface area contributed by atoms with E-state index >= 15 is 0 Å². The van der Waals surface area contributed by atoms with Gasteiger partial charge in [0, 0.05) is 13.0 Å². The van der Waals surface area contributed by atoms with Gasteiger partial charge in [-0.2, -0.15) is 0 Å². The molecule has 0 spiro atoms. The predicted octanol–water partition coefficient (Wildman–Crippen LogP) is 1.44. The summed E-state index contributed by atoms with van der Waals surface area (Å²) in [6.45, 7) is 3.99. The molecule has 0 aromatic carbocycles. The molecule has 0 aromatic heterocycles. The van der Waals surface area contributed by atoms with Gasteiger partial charge in [-0.15, -0.1) is 0 Å². The van der Waals surface area contributed by atoms with Gasteiger partial charge in [0.1, 0.15) is 0 Å². The van der Waals surface area contributed by atoms with Crippen molar-refractivity contribution in [1.29, 1.82) is 0 Å². The minimum absolute atomic E-state index is 0.111. The van der Waals surface area contributed by atoms with Crippen LogP contribution in [0.5, 0.6) is 0 Å². The molecule has 0 radical (unpaired) electrons. The summed E-state index contributed by atoms with van der Waals surface area (Å²) in [4.78, 5) is 11.5. The minimum Gasteiger partial charge on any atom is -0.376 e. The number of carbonyl (C=O) groups excluding carboxylic acids is 1. The molecule has 1 fully saturated rings. The van der Waals surface area contributed by atoms with Gasteiger partial charge in [0.15, 0.2) is 0 Å². The molecule has 4 heteroatoms. The van der Waals surface area contributed by atoms with Gasteiger partial charge in [-0.3, -0.25) is 4.79 Å². The molecule has 0 heterocycles. The first-order valence-electron chi connectivity index (χ1n) is 6.80. The van der Waals surface area contributed by atoms with Crippen molar-refractivity contribution in [2.45, 2.75) is 51.6 Å². The van der Waals surface area contributed by atoms with Crippen LogP contribution in [0.25, 0.3) is 0 Å². The molecule has 1 unspecified atom stereocenters. The summed E-state index contributed by atoms with van der Waals surface area (Å²) in [6.07, 6.45) is 6.81. The number of ether oxygens (including phenoxy) is 1. The highest BCUT2D eigenvalue weighted by molar-refractivity contribution is 5.75. The van der Waals surface area contributed by atoms with Crippen LogP contribution in [-0.2, 0) is 9.53 Å². The molecule has 0 aromatic rings. The third-order valence-electron chi connectivity index (χ3n) is 3.35. The molecule has 1 amide bonds. The van der Waals surface area contributed by atoms with E-state index in [1.807, 2.05) is 0 Å². The highest BCUT2D eigenvalue weighted by atomic mass is 16.5. The highest BCUT2D eigenvalue weighted by Gasteiger charge is 2.14. The van der Waals surface area contributed by atoms with Crippen molar-refractivity contribution < 1.29 is 9.53 Å². The van der Waals surface area contributed by atoms with Crippen molar-refractivity contribution in [1.82, 2.24) is 5.32 Å². The Bertz CT molecular complexity index is 215. The second-order valence-electron chi connectivity index (χ2n) is 5.01. The fourth-order valence-electron chi connectivity index (χ4n) is 2.05. The molecule has 0 saturated heterocycles. The average molecular weight is 242 g/mol. The van der Waals surface area contributed by atoms with Gasteiger partial charge in [-0.25, -0.2) is 0 Å². The van der Waals surface area contributed by atoms with Crippen molar-refractivity contribution in [2.75, 3.05) is 19.7 Å². The Morgan fingerprint density at radius 1 is 1.47 bits per heavy atom. The summed E-state index contributed by atoms with van der Waals surface area (Å²) in [5.74, 6) is 0.538. The zero-order chi connectivity index (χ0) is 12.5. The predicted molar refractivity (Wildman–Crippen MR) is 68.7 cm³/mol. The Morgan fingerprint density at radius 2 is 2.18 bits per heavy atom. The molecular formula is C13H26N2O2. The van der Waals surface area contributed by atoms with Crippen LogP contribution in [0.2, 0.25) is 0 Å². The monoisotopic (exact) mass is 242 g/mol. The summed E-state index contributed by atoms with van der Waals surface area (Å²) < 4.78 is 5.67. The normalized spacial score (nSPS) is 18.2. The van der Waals surface area contributed by atoms with E-state index < -0.39 is 0 Å². The zero-order valence-electron chi connectivity index (χ0n) is 10.9.